The molecular formula is C13H16BrN3OS. The SMILES string of the molecule is CCCNCc1nc(COc2cncc(Br)c2)cs1. The molecule has 2 aromatic heterocycles. The molecule has 0 radical (unpaired) electrons. The van der Waals surface area contributed by atoms with E-state index in [9.17, 15) is 0 Å². The van der Waals surface area contributed by atoms with Crippen LogP contribution >= 0.6 is 27.3 Å². The number of rotatable bonds is 7. The summed E-state index contributed by atoms with van der Waals surface area (Å²) in [5, 5.41) is 6.47. The summed E-state index contributed by atoms with van der Waals surface area (Å²) < 4.78 is 6.55. The van der Waals surface area contributed by atoms with Crippen molar-refractivity contribution in [1.82, 2.24) is 15.3 Å². The molecule has 0 atom stereocenters. The van der Waals surface area contributed by atoms with Gasteiger partial charge in [0.15, 0.2) is 0 Å². The summed E-state index contributed by atoms with van der Waals surface area (Å²) in [6, 6.07) is 1.89. The molecule has 1 N–H and O–H groups in total. The third kappa shape index (κ3) is 4.89. The molecule has 2 rings (SSSR count). The van der Waals surface area contributed by atoms with Gasteiger partial charge in [-0.25, -0.2) is 4.98 Å². The Kier molecular flexibility index (Phi) is 5.75. The molecular weight excluding hydrogens is 326 g/mol. The zero-order valence-electron chi connectivity index (χ0n) is 10.7. The van der Waals surface area contributed by atoms with Crippen LogP contribution in [0, 0.1) is 0 Å². The van der Waals surface area contributed by atoms with E-state index in [0.29, 0.717) is 6.61 Å². The van der Waals surface area contributed by atoms with Gasteiger partial charge in [0.1, 0.15) is 17.4 Å². The lowest BCUT2D eigenvalue weighted by Gasteiger charge is -2.03. The highest BCUT2D eigenvalue weighted by molar-refractivity contribution is 9.10. The maximum Gasteiger partial charge on any atom is 0.139 e. The van der Waals surface area contributed by atoms with Gasteiger partial charge < -0.3 is 10.1 Å². The van der Waals surface area contributed by atoms with Gasteiger partial charge in [0, 0.05) is 22.6 Å². The van der Waals surface area contributed by atoms with E-state index in [1.54, 1.807) is 23.7 Å². The molecule has 19 heavy (non-hydrogen) atoms. The average Bonchev–Trinajstić information content (AvgIpc) is 2.85. The van der Waals surface area contributed by atoms with E-state index in [2.05, 4.69) is 38.1 Å². The van der Waals surface area contributed by atoms with Crippen molar-refractivity contribution in [3.05, 3.63) is 39.0 Å². The summed E-state index contributed by atoms with van der Waals surface area (Å²) in [4.78, 5) is 8.57. The zero-order valence-corrected chi connectivity index (χ0v) is 13.1. The minimum atomic E-state index is 0.475. The van der Waals surface area contributed by atoms with E-state index in [1.165, 1.54) is 0 Å². The molecule has 0 aromatic carbocycles. The first kappa shape index (κ1) is 14.4. The number of ether oxygens (including phenoxy) is 1. The van der Waals surface area contributed by atoms with Gasteiger partial charge >= 0.3 is 0 Å². The van der Waals surface area contributed by atoms with Gasteiger partial charge in [-0.2, -0.15) is 0 Å². The lowest BCUT2D eigenvalue weighted by molar-refractivity contribution is 0.300. The number of aromatic nitrogens is 2. The van der Waals surface area contributed by atoms with Gasteiger partial charge in [-0.15, -0.1) is 11.3 Å². The lowest BCUT2D eigenvalue weighted by atomic mass is 10.4. The summed E-state index contributed by atoms with van der Waals surface area (Å²) in [6.45, 7) is 4.48. The van der Waals surface area contributed by atoms with Crippen molar-refractivity contribution >= 4 is 27.3 Å². The summed E-state index contributed by atoms with van der Waals surface area (Å²) in [5.74, 6) is 0.744. The third-order valence-electron chi connectivity index (χ3n) is 2.37. The highest BCUT2D eigenvalue weighted by Gasteiger charge is 2.03. The number of nitrogens with one attached hydrogen (secondary N) is 1. The molecule has 102 valence electrons. The van der Waals surface area contributed by atoms with Gasteiger partial charge in [-0.3, -0.25) is 4.98 Å². The number of nitrogens with zero attached hydrogens (tertiary/aromatic N) is 2. The number of hydrogen-bond acceptors (Lipinski definition) is 5. The monoisotopic (exact) mass is 341 g/mol. The predicted molar refractivity (Wildman–Crippen MR) is 80.4 cm³/mol. The van der Waals surface area contributed by atoms with Crippen LogP contribution in [0.25, 0.3) is 0 Å². The first-order chi connectivity index (χ1) is 9.28. The molecule has 0 bridgehead atoms. The van der Waals surface area contributed by atoms with Crippen molar-refractivity contribution in [3.63, 3.8) is 0 Å². The van der Waals surface area contributed by atoms with Crippen molar-refractivity contribution in [2.24, 2.45) is 0 Å². The molecule has 0 aliphatic carbocycles. The fourth-order valence-corrected chi connectivity index (χ4v) is 2.59. The molecule has 6 heteroatoms. The van der Waals surface area contributed by atoms with E-state index in [0.717, 1.165) is 40.4 Å². The van der Waals surface area contributed by atoms with Gasteiger partial charge in [0.25, 0.3) is 0 Å². The highest BCUT2D eigenvalue weighted by atomic mass is 79.9. The van der Waals surface area contributed by atoms with E-state index >= 15 is 0 Å². The Bertz CT molecular complexity index is 518. The van der Waals surface area contributed by atoms with Crippen molar-refractivity contribution in [1.29, 1.82) is 0 Å². The molecule has 0 spiro atoms. The second-order valence-corrected chi connectivity index (χ2v) is 5.90. The predicted octanol–water partition coefficient (Wildman–Crippen LogP) is 3.38. The average molecular weight is 342 g/mol. The molecule has 4 nitrogen and oxygen atoms in total. The second kappa shape index (κ2) is 7.57. The first-order valence-electron chi connectivity index (χ1n) is 6.15. The van der Waals surface area contributed by atoms with Gasteiger partial charge in [-0.1, -0.05) is 6.92 Å². The standard InChI is InChI=1S/C13H16BrN3OS/c1-2-3-15-7-13-17-11(9-19-13)8-18-12-4-10(14)5-16-6-12/h4-6,9,15H,2-3,7-8H2,1H3. The Morgan fingerprint density at radius 1 is 1.42 bits per heavy atom. The molecule has 0 amide bonds. The van der Waals surface area contributed by atoms with Crippen molar-refractivity contribution in [2.45, 2.75) is 26.5 Å². The van der Waals surface area contributed by atoms with Crippen molar-refractivity contribution in [3.8, 4) is 5.75 Å². The Morgan fingerprint density at radius 2 is 2.32 bits per heavy atom. The third-order valence-corrected chi connectivity index (χ3v) is 3.70. The summed E-state index contributed by atoms with van der Waals surface area (Å²) in [6.07, 6.45) is 4.56. The Morgan fingerprint density at radius 3 is 3.11 bits per heavy atom. The topological polar surface area (TPSA) is 47.0 Å². The van der Waals surface area contributed by atoms with Gasteiger partial charge in [0.05, 0.1) is 11.9 Å². The minimum Gasteiger partial charge on any atom is -0.486 e. The smallest absolute Gasteiger partial charge is 0.139 e. The largest absolute Gasteiger partial charge is 0.486 e. The lowest BCUT2D eigenvalue weighted by Crippen LogP contribution is -2.13. The fourth-order valence-electron chi connectivity index (χ4n) is 1.50. The minimum absolute atomic E-state index is 0.475. The van der Waals surface area contributed by atoms with Crippen molar-refractivity contribution in [2.75, 3.05) is 6.54 Å². The summed E-state index contributed by atoms with van der Waals surface area (Å²) in [5.41, 5.74) is 0.957. The Balaban J connectivity index is 1.83. The molecule has 0 aliphatic heterocycles. The maximum atomic E-state index is 5.64. The summed E-state index contributed by atoms with van der Waals surface area (Å²) in [7, 11) is 0. The van der Waals surface area contributed by atoms with Crippen LogP contribution in [0.1, 0.15) is 24.0 Å². The van der Waals surface area contributed by atoms with Crippen molar-refractivity contribution < 1.29 is 4.74 Å². The molecule has 2 aromatic rings. The van der Waals surface area contributed by atoms with Crippen LogP contribution in [0.2, 0.25) is 0 Å². The van der Waals surface area contributed by atoms with Crippen LogP contribution in [0.5, 0.6) is 5.75 Å². The Hall–Kier alpha value is -0.980. The van der Waals surface area contributed by atoms with E-state index in [-0.39, 0.29) is 0 Å². The highest BCUT2D eigenvalue weighted by Crippen LogP contribution is 2.18. The molecule has 0 unspecified atom stereocenters. The van der Waals surface area contributed by atoms with Crippen LogP contribution in [-0.2, 0) is 13.2 Å². The number of halogens is 1. The van der Waals surface area contributed by atoms with Crippen LogP contribution in [0.3, 0.4) is 0 Å². The molecule has 0 saturated carbocycles. The van der Waals surface area contributed by atoms with Crippen LogP contribution < -0.4 is 10.1 Å². The molecule has 2 heterocycles. The normalized spacial score (nSPS) is 10.6. The zero-order chi connectivity index (χ0) is 13.5. The van der Waals surface area contributed by atoms with E-state index in [4.69, 9.17) is 4.74 Å². The van der Waals surface area contributed by atoms with Crippen LogP contribution in [0.15, 0.2) is 28.3 Å². The molecule has 0 saturated heterocycles. The van der Waals surface area contributed by atoms with Gasteiger partial charge in [0.2, 0.25) is 0 Å². The second-order valence-electron chi connectivity index (χ2n) is 4.04. The number of hydrogen-bond donors (Lipinski definition) is 1. The van der Waals surface area contributed by atoms with Gasteiger partial charge in [-0.05, 0) is 35.0 Å². The molecule has 0 aliphatic rings. The summed E-state index contributed by atoms with van der Waals surface area (Å²) >= 11 is 5.02. The maximum absolute atomic E-state index is 5.64. The van der Waals surface area contributed by atoms with Crippen LogP contribution in [0.4, 0.5) is 0 Å². The number of thiazole rings is 1. The molecule has 0 fully saturated rings. The fraction of sp³-hybridized carbons (Fsp3) is 0.385. The quantitative estimate of drug-likeness (QED) is 0.784. The Labute approximate surface area is 125 Å². The van der Waals surface area contributed by atoms with Crippen LogP contribution in [-0.4, -0.2) is 16.5 Å². The van der Waals surface area contributed by atoms with E-state index < -0.39 is 0 Å². The van der Waals surface area contributed by atoms with E-state index in [1.807, 2.05) is 11.4 Å². The first-order valence-corrected chi connectivity index (χ1v) is 7.82. The number of pyridine rings is 1.